The molecule has 0 N–H and O–H groups in total. The minimum atomic E-state index is 0.586. The molecule has 0 fully saturated rings. The molecule has 0 heterocycles. The highest BCUT2D eigenvalue weighted by Gasteiger charge is 2.18. The van der Waals surface area contributed by atoms with Crippen molar-refractivity contribution in [3.05, 3.63) is 99.5 Å². The summed E-state index contributed by atoms with van der Waals surface area (Å²) in [6.07, 6.45) is 4.35. The first-order valence-corrected chi connectivity index (χ1v) is 9.88. The van der Waals surface area contributed by atoms with Gasteiger partial charge in [0.2, 0.25) is 0 Å². The molecule has 3 heteroatoms. The minimum Gasteiger partial charge on any atom is -0.496 e. The second-order valence-electron chi connectivity index (χ2n) is 6.59. The number of allylic oxidation sites excluding steroid dienone is 1. The van der Waals surface area contributed by atoms with E-state index < -0.39 is 0 Å². The lowest BCUT2D eigenvalue weighted by Crippen LogP contribution is -2.04. The first kappa shape index (κ1) is 17.9. The summed E-state index contributed by atoms with van der Waals surface area (Å²) in [5.41, 5.74) is 6.11. The number of rotatable bonds is 5. The standard InChI is InChI=1S/C24H21BrO2/c1-26-24-15-19(25)10-12-23(24)22-9-5-8-18-14-20(11-13-21(18)22)27-16-17-6-3-2-4-7-17/h2-4,6-7,9-15H,5,8,16H2,1H3. The zero-order chi connectivity index (χ0) is 18.6. The number of fused-ring (bicyclic) bond motifs is 1. The van der Waals surface area contributed by atoms with Crippen LogP contribution < -0.4 is 9.47 Å². The predicted molar refractivity (Wildman–Crippen MR) is 113 cm³/mol. The van der Waals surface area contributed by atoms with Gasteiger partial charge in [-0.2, -0.15) is 0 Å². The number of hydrogen-bond acceptors (Lipinski definition) is 2. The van der Waals surface area contributed by atoms with Crippen LogP contribution in [0.5, 0.6) is 11.5 Å². The lowest BCUT2D eigenvalue weighted by molar-refractivity contribution is 0.306. The molecule has 136 valence electrons. The number of benzene rings is 3. The van der Waals surface area contributed by atoms with Crippen LogP contribution in [0.4, 0.5) is 0 Å². The molecule has 1 aliphatic carbocycles. The molecule has 1 aliphatic rings. The zero-order valence-corrected chi connectivity index (χ0v) is 16.8. The summed E-state index contributed by atoms with van der Waals surface area (Å²) >= 11 is 3.52. The molecular weight excluding hydrogens is 400 g/mol. The largest absolute Gasteiger partial charge is 0.496 e. The molecule has 0 aliphatic heterocycles. The fourth-order valence-corrected chi connectivity index (χ4v) is 3.84. The third kappa shape index (κ3) is 3.93. The SMILES string of the molecule is COc1cc(Br)ccc1C1=CCCc2cc(OCc3ccccc3)ccc21. The van der Waals surface area contributed by atoms with Crippen molar-refractivity contribution in [3.8, 4) is 11.5 Å². The van der Waals surface area contributed by atoms with Gasteiger partial charge in [0.05, 0.1) is 7.11 Å². The summed E-state index contributed by atoms with van der Waals surface area (Å²) in [4.78, 5) is 0. The smallest absolute Gasteiger partial charge is 0.127 e. The van der Waals surface area contributed by atoms with Crippen LogP contribution in [0.15, 0.2) is 77.3 Å². The predicted octanol–water partition coefficient (Wildman–Crippen LogP) is 6.41. The van der Waals surface area contributed by atoms with Crippen molar-refractivity contribution in [2.45, 2.75) is 19.4 Å². The van der Waals surface area contributed by atoms with Crippen LogP contribution in [0, 0.1) is 0 Å². The maximum Gasteiger partial charge on any atom is 0.127 e. The van der Waals surface area contributed by atoms with Gasteiger partial charge in [0.1, 0.15) is 18.1 Å². The van der Waals surface area contributed by atoms with E-state index >= 15 is 0 Å². The Labute approximate surface area is 168 Å². The van der Waals surface area contributed by atoms with Crippen LogP contribution in [0.2, 0.25) is 0 Å². The first-order chi connectivity index (χ1) is 13.2. The number of ether oxygens (including phenoxy) is 2. The van der Waals surface area contributed by atoms with Gasteiger partial charge >= 0.3 is 0 Å². The Morgan fingerprint density at radius 2 is 1.74 bits per heavy atom. The van der Waals surface area contributed by atoms with E-state index in [4.69, 9.17) is 9.47 Å². The molecule has 2 nitrogen and oxygen atoms in total. The molecule has 3 aromatic rings. The summed E-state index contributed by atoms with van der Waals surface area (Å²) in [5.74, 6) is 1.80. The molecule has 4 rings (SSSR count). The van der Waals surface area contributed by atoms with Gasteiger partial charge in [0, 0.05) is 10.0 Å². The molecule has 0 unspecified atom stereocenters. The average Bonchev–Trinajstić information content (AvgIpc) is 2.72. The molecule has 27 heavy (non-hydrogen) atoms. The highest BCUT2D eigenvalue weighted by atomic mass is 79.9. The van der Waals surface area contributed by atoms with Crippen molar-refractivity contribution in [3.63, 3.8) is 0 Å². The van der Waals surface area contributed by atoms with Gasteiger partial charge < -0.3 is 9.47 Å². The zero-order valence-electron chi connectivity index (χ0n) is 15.2. The molecule has 3 aromatic carbocycles. The van der Waals surface area contributed by atoms with E-state index in [1.165, 1.54) is 22.3 Å². The summed E-state index contributed by atoms with van der Waals surface area (Å²) < 4.78 is 12.6. The maximum atomic E-state index is 6.01. The Bertz CT molecular complexity index is 977. The van der Waals surface area contributed by atoms with E-state index in [-0.39, 0.29) is 0 Å². The fourth-order valence-electron chi connectivity index (χ4n) is 3.49. The normalized spacial score (nSPS) is 12.9. The Balaban J connectivity index is 1.61. The third-order valence-electron chi connectivity index (χ3n) is 4.83. The van der Waals surface area contributed by atoms with E-state index in [9.17, 15) is 0 Å². The average molecular weight is 421 g/mol. The molecule has 0 saturated heterocycles. The van der Waals surface area contributed by atoms with Crippen LogP contribution in [0.25, 0.3) is 5.57 Å². The fraction of sp³-hybridized carbons (Fsp3) is 0.167. The maximum absolute atomic E-state index is 6.01. The quantitative estimate of drug-likeness (QED) is 0.474. The van der Waals surface area contributed by atoms with Crippen molar-refractivity contribution in [1.29, 1.82) is 0 Å². The van der Waals surface area contributed by atoms with Crippen molar-refractivity contribution in [2.75, 3.05) is 7.11 Å². The lowest BCUT2D eigenvalue weighted by Gasteiger charge is -2.21. The van der Waals surface area contributed by atoms with Crippen LogP contribution in [0.3, 0.4) is 0 Å². The second-order valence-corrected chi connectivity index (χ2v) is 7.51. The van der Waals surface area contributed by atoms with E-state index in [0.29, 0.717) is 6.61 Å². The molecule has 0 saturated carbocycles. The van der Waals surface area contributed by atoms with Gasteiger partial charge in [-0.05, 0) is 65.4 Å². The molecule has 0 atom stereocenters. The van der Waals surface area contributed by atoms with E-state index in [2.05, 4.69) is 64.5 Å². The van der Waals surface area contributed by atoms with Gasteiger partial charge in [-0.25, -0.2) is 0 Å². The summed E-state index contributed by atoms with van der Waals surface area (Å²) in [7, 11) is 1.72. The molecule has 0 spiro atoms. The second kappa shape index (κ2) is 8.01. The monoisotopic (exact) mass is 420 g/mol. The lowest BCUT2D eigenvalue weighted by atomic mass is 9.86. The minimum absolute atomic E-state index is 0.586. The third-order valence-corrected chi connectivity index (χ3v) is 5.32. The number of hydrogen-bond donors (Lipinski definition) is 0. The Kier molecular flexibility index (Phi) is 5.30. The summed E-state index contributed by atoms with van der Waals surface area (Å²) in [6, 6.07) is 22.9. The van der Waals surface area contributed by atoms with Crippen molar-refractivity contribution in [2.24, 2.45) is 0 Å². The van der Waals surface area contributed by atoms with Crippen LogP contribution in [0.1, 0.15) is 28.7 Å². The van der Waals surface area contributed by atoms with Crippen LogP contribution >= 0.6 is 15.9 Å². The van der Waals surface area contributed by atoms with Gasteiger partial charge in [-0.15, -0.1) is 0 Å². The van der Waals surface area contributed by atoms with Gasteiger partial charge in [0.15, 0.2) is 0 Å². The molecule has 0 amide bonds. The summed E-state index contributed by atoms with van der Waals surface area (Å²) in [5, 5.41) is 0. The molecule has 0 bridgehead atoms. The van der Waals surface area contributed by atoms with Crippen LogP contribution in [-0.4, -0.2) is 7.11 Å². The van der Waals surface area contributed by atoms with Gasteiger partial charge in [-0.1, -0.05) is 58.4 Å². The van der Waals surface area contributed by atoms with E-state index in [1.807, 2.05) is 24.3 Å². The van der Waals surface area contributed by atoms with Gasteiger partial charge in [0.25, 0.3) is 0 Å². The van der Waals surface area contributed by atoms with Crippen molar-refractivity contribution in [1.82, 2.24) is 0 Å². The van der Waals surface area contributed by atoms with Crippen molar-refractivity contribution < 1.29 is 9.47 Å². The van der Waals surface area contributed by atoms with E-state index in [1.54, 1.807) is 7.11 Å². The highest BCUT2D eigenvalue weighted by Crippen LogP contribution is 2.38. The molecule has 0 radical (unpaired) electrons. The van der Waals surface area contributed by atoms with E-state index in [0.717, 1.165) is 34.4 Å². The summed E-state index contributed by atoms with van der Waals surface area (Å²) in [6.45, 7) is 0.586. The Morgan fingerprint density at radius 3 is 2.56 bits per heavy atom. The number of methoxy groups -OCH3 is 1. The molecular formula is C24H21BrO2. The van der Waals surface area contributed by atoms with Gasteiger partial charge in [-0.3, -0.25) is 0 Å². The number of halogens is 1. The topological polar surface area (TPSA) is 18.5 Å². The molecule has 0 aromatic heterocycles. The highest BCUT2D eigenvalue weighted by molar-refractivity contribution is 9.10. The first-order valence-electron chi connectivity index (χ1n) is 9.08. The Morgan fingerprint density at radius 1 is 0.926 bits per heavy atom. The van der Waals surface area contributed by atoms with Crippen molar-refractivity contribution >= 4 is 21.5 Å². The Hall–Kier alpha value is -2.52. The number of aryl methyl sites for hydroxylation is 1. The van der Waals surface area contributed by atoms with Crippen LogP contribution in [-0.2, 0) is 13.0 Å².